The summed E-state index contributed by atoms with van der Waals surface area (Å²) < 4.78 is 10.9. The molecule has 3 heteroatoms. The predicted molar refractivity (Wildman–Crippen MR) is 51.0 cm³/mol. The normalized spacial score (nSPS) is 26.2. The van der Waals surface area contributed by atoms with Crippen molar-refractivity contribution in [3.05, 3.63) is 0 Å². The van der Waals surface area contributed by atoms with Gasteiger partial charge in [-0.05, 0) is 12.8 Å². The average molecular weight is 183 g/mol. The number of hydrogen-bond donors (Lipinski definition) is 0. The van der Waals surface area contributed by atoms with Gasteiger partial charge in [0.1, 0.15) is 12.1 Å². The summed E-state index contributed by atoms with van der Waals surface area (Å²) in [5.74, 6) is 1.35. The van der Waals surface area contributed by atoms with Crippen LogP contribution in [0.5, 0.6) is 0 Å². The second kappa shape index (κ2) is 3.29. The minimum absolute atomic E-state index is 0.0673. The van der Waals surface area contributed by atoms with E-state index in [4.69, 9.17) is 14.5 Å². The molecule has 0 aromatic rings. The molecule has 0 saturated carbocycles. The monoisotopic (exact) mass is 183 g/mol. The van der Waals surface area contributed by atoms with Crippen LogP contribution in [0.1, 0.15) is 26.7 Å². The first-order valence-electron chi connectivity index (χ1n) is 5.02. The molecule has 2 aliphatic heterocycles. The van der Waals surface area contributed by atoms with Gasteiger partial charge in [0.05, 0.1) is 0 Å². The minimum atomic E-state index is 0.0673. The summed E-state index contributed by atoms with van der Waals surface area (Å²) in [5, 5.41) is 0. The second-order valence-electron chi connectivity index (χ2n) is 4.23. The fourth-order valence-electron chi connectivity index (χ4n) is 1.81. The van der Waals surface area contributed by atoms with E-state index < -0.39 is 0 Å². The highest BCUT2D eigenvalue weighted by Gasteiger charge is 2.38. The van der Waals surface area contributed by atoms with Gasteiger partial charge in [-0.1, -0.05) is 13.8 Å². The lowest BCUT2D eigenvalue weighted by Gasteiger charge is -2.28. The lowest BCUT2D eigenvalue weighted by atomic mass is 9.92. The van der Waals surface area contributed by atoms with Gasteiger partial charge in [-0.3, -0.25) is 0 Å². The van der Waals surface area contributed by atoms with Crippen molar-refractivity contribution in [3.8, 4) is 0 Å². The van der Waals surface area contributed by atoms with Crippen LogP contribution < -0.4 is 0 Å². The summed E-state index contributed by atoms with van der Waals surface area (Å²) in [7, 11) is 0. The zero-order valence-corrected chi connectivity index (χ0v) is 8.38. The summed E-state index contributed by atoms with van der Waals surface area (Å²) in [6.07, 6.45) is 2.03. The van der Waals surface area contributed by atoms with Gasteiger partial charge >= 0.3 is 0 Å². The van der Waals surface area contributed by atoms with Gasteiger partial charge in [0.2, 0.25) is 0 Å². The molecular formula is C10H17NO2. The molecule has 0 atom stereocenters. The van der Waals surface area contributed by atoms with Crippen molar-refractivity contribution in [1.29, 1.82) is 0 Å². The third kappa shape index (κ3) is 1.70. The quantitative estimate of drug-likeness (QED) is 0.618. The van der Waals surface area contributed by atoms with Crippen molar-refractivity contribution in [3.63, 3.8) is 0 Å². The van der Waals surface area contributed by atoms with E-state index in [0.717, 1.165) is 38.6 Å². The molecule has 1 fully saturated rings. The highest BCUT2D eigenvalue weighted by atomic mass is 16.5. The lowest BCUT2D eigenvalue weighted by Crippen LogP contribution is -2.35. The van der Waals surface area contributed by atoms with Gasteiger partial charge < -0.3 is 9.47 Å². The maximum absolute atomic E-state index is 5.60. The Labute approximate surface area is 79.1 Å². The summed E-state index contributed by atoms with van der Waals surface area (Å²) in [5.41, 5.74) is 0.0673. The molecule has 0 radical (unpaired) electrons. The maximum atomic E-state index is 5.60. The van der Waals surface area contributed by atoms with Gasteiger partial charge in [0.15, 0.2) is 5.90 Å². The topological polar surface area (TPSA) is 30.8 Å². The van der Waals surface area contributed by atoms with Gasteiger partial charge in [0, 0.05) is 19.1 Å². The van der Waals surface area contributed by atoms with Gasteiger partial charge in [-0.25, -0.2) is 4.99 Å². The Balaban J connectivity index is 2.08. The molecule has 2 rings (SSSR count). The lowest BCUT2D eigenvalue weighted by molar-refractivity contribution is 0.0440. The second-order valence-corrected chi connectivity index (χ2v) is 4.23. The first-order valence-corrected chi connectivity index (χ1v) is 5.02. The molecule has 1 saturated heterocycles. The molecule has 2 aliphatic rings. The average Bonchev–Trinajstić information content (AvgIpc) is 2.51. The van der Waals surface area contributed by atoms with Crippen molar-refractivity contribution in [1.82, 2.24) is 0 Å². The highest BCUT2D eigenvalue weighted by Crippen LogP contribution is 2.31. The Bertz CT molecular complexity index is 217. The zero-order chi connectivity index (χ0) is 9.31. The van der Waals surface area contributed by atoms with E-state index in [9.17, 15) is 0 Å². The Morgan fingerprint density at radius 1 is 1.31 bits per heavy atom. The smallest absolute Gasteiger partial charge is 0.186 e. The van der Waals surface area contributed by atoms with Crippen LogP contribution in [0.4, 0.5) is 0 Å². The highest BCUT2D eigenvalue weighted by molar-refractivity contribution is 5.80. The Hall–Kier alpha value is -0.570. The van der Waals surface area contributed by atoms with E-state index in [2.05, 4.69) is 13.8 Å². The van der Waals surface area contributed by atoms with E-state index in [0.29, 0.717) is 5.92 Å². The summed E-state index contributed by atoms with van der Waals surface area (Å²) in [4.78, 5) is 4.69. The van der Waals surface area contributed by atoms with Gasteiger partial charge in [0.25, 0.3) is 0 Å². The molecule has 1 spiro atoms. The van der Waals surface area contributed by atoms with E-state index in [-0.39, 0.29) is 5.54 Å². The molecule has 74 valence electrons. The zero-order valence-electron chi connectivity index (χ0n) is 8.38. The number of aliphatic imine (C=N–C) groups is 1. The first-order chi connectivity index (χ1) is 6.22. The molecular weight excluding hydrogens is 166 g/mol. The molecule has 0 N–H and O–H groups in total. The van der Waals surface area contributed by atoms with E-state index >= 15 is 0 Å². The van der Waals surface area contributed by atoms with Crippen molar-refractivity contribution in [2.24, 2.45) is 10.9 Å². The van der Waals surface area contributed by atoms with Crippen molar-refractivity contribution < 1.29 is 9.47 Å². The van der Waals surface area contributed by atoms with Crippen LogP contribution in [0.2, 0.25) is 0 Å². The third-order valence-corrected chi connectivity index (χ3v) is 2.75. The Morgan fingerprint density at radius 3 is 2.54 bits per heavy atom. The van der Waals surface area contributed by atoms with Crippen LogP contribution in [0.25, 0.3) is 0 Å². The largest absolute Gasteiger partial charge is 0.478 e. The molecule has 3 nitrogen and oxygen atoms in total. The number of hydrogen-bond acceptors (Lipinski definition) is 3. The van der Waals surface area contributed by atoms with Crippen LogP contribution in [0, 0.1) is 5.92 Å². The molecule has 0 aromatic carbocycles. The number of ether oxygens (including phenoxy) is 2. The Morgan fingerprint density at radius 2 is 2.00 bits per heavy atom. The van der Waals surface area contributed by atoms with Gasteiger partial charge in [-0.15, -0.1) is 0 Å². The molecule has 0 bridgehead atoms. The summed E-state index contributed by atoms with van der Waals surface area (Å²) >= 11 is 0. The minimum Gasteiger partial charge on any atom is -0.478 e. The first kappa shape index (κ1) is 9.00. The van der Waals surface area contributed by atoms with E-state index in [1.807, 2.05) is 0 Å². The van der Waals surface area contributed by atoms with Crippen molar-refractivity contribution >= 4 is 5.90 Å². The van der Waals surface area contributed by atoms with Crippen molar-refractivity contribution in [2.75, 3.05) is 19.8 Å². The third-order valence-electron chi connectivity index (χ3n) is 2.75. The van der Waals surface area contributed by atoms with Crippen LogP contribution in [0.3, 0.4) is 0 Å². The molecule has 0 unspecified atom stereocenters. The van der Waals surface area contributed by atoms with E-state index in [1.54, 1.807) is 0 Å². The number of rotatable bonds is 1. The van der Waals surface area contributed by atoms with Crippen LogP contribution in [0.15, 0.2) is 4.99 Å². The van der Waals surface area contributed by atoms with Crippen LogP contribution in [-0.2, 0) is 9.47 Å². The standard InChI is InChI=1S/C10H17NO2/c1-8(2)9-11-10(7-13-9)3-5-12-6-4-10/h8H,3-7H2,1-2H3. The van der Waals surface area contributed by atoms with Crippen LogP contribution >= 0.6 is 0 Å². The Kier molecular flexibility index (Phi) is 2.28. The van der Waals surface area contributed by atoms with E-state index in [1.165, 1.54) is 0 Å². The maximum Gasteiger partial charge on any atom is 0.186 e. The van der Waals surface area contributed by atoms with Crippen molar-refractivity contribution in [2.45, 2.75) is 32.2 Å². The fraction of sp³-hybridized carbons (Fsp3) is 0.900. The summed E-state index contributed by atoms with van der Waals surface area (Å²) in [6, 6.07) is 0. The molecule has 0 aliphatic carbocycles. The molecule has 0 amide bonds. The number of nitrogens with zero attached hydrogens (tertiary/aromatic N) is 1. The van der Waals surface area contributed by atoms with Gasteiger partial charge in [-0.2, -0.15) is 0 Å². The molecule has 0 aromatic heterocycles. The summed E-state index contributed by atoms with van der Waals surface area (Å²) in [6.45, 7) is 6.68. The SMILES string of the molecule is CC(C)C1=NC2(CCOCC2)CO1. The molecule has 2 heterocycles. The predicted octanol–water partition coefficient (Wildman–Crippen LogP) is 1.62. The fourth-order valence-corrected chi connectivity index (χ4v) is 1.81. The molecule has 13 heavy (non-hydrogen) atoms. The van der Waals surface area contributed by atoms with Crippen LogP contribution in [-0.4, -0.2) is 31.3 Å².